The van der Waals surface area contributed by atoms with E-state index in [0.29, 0.717) is 18.3 Å². The van der Waals surface area contributed by atoms with Gasteiger partial charge in [0.25, 0.3) is 0 Å². The molecule has 0 aliphatic heterocycles. The predicted octanol–water partition coefficient (Wildman–Crippen LogP) is 4.95. The molecule has 21 heavy (non-hydrogen) atoms. The van der Waals surface area contributed by atoms with Crippen LogP contribution in [0.15, 0.2) is 0 Å². The molecule has 0 fully saturated rings. The molecule has 0 saturated carbocycles. The van der Waals surface area contributed by atoms with Crippen LogP contribution in [0.5, 0.6) is 0 Å². The number of rotatable bonds is 6. The van der Waals surface area contributed by atoms with E-state index in [-0.39, 0.29) is 6.73 Å². The van der Waals surface area contributed by atoms with Crippen LogP contribution in [-0.2, 0) is 9.47 Å². The van der Waals surface area contributed by atoms with E-state index in [1.807, 2.05) is 27.7 Å². The van der Waals surface area contributed by atoms with E-state index in [9.17, 15) is 9.59 Å². The smallest absolute Gasteiger partial charge is 0.416 e. The van der Waals surface area contributed by atoms with Gasteiger partial charge in [0, 0.05) is 7.18 Å². The molecule has 0 aromatic heterocycles. The third-order valence-electron chi connectivity index (χ3n) is 2.49. The molecule has 0 bridgehead atoms. The van der Waals surface area contributed by atoms with Gasteiger partial charge in [0.2, 0.25) is 0 Å². The minimum atomic E-state index is -1.99. The minimum Gasteiger partial charge on any atom is -0.461 e. The molecule has 0 radical (unpaired) electrons. The highest BCUT2D eigenvalue weighted by Gasteiger charge is 2.31. The number of hydrogen-bond donors (Lipinski definition) is 1. The first-order chi connectivity index (χ1) is 9.85. The van der Waals surface area contributed by atoms with Gasteiger partial charge in [-0.1, -0.05) is 57.7 Å². The maximum atomic E-state index is 11.8. The first kappa shape index (κ1) is 22.4. The Hall–Kier alpha value is -0.910. The second kappa shape index (κ2) is 12.8. The van der Waals surface area contributed by atoms with Gasteiger partial charge in [-0.05, 0) is 18.6 Å². The number of unbranched alkanes of at least 4 members (excludes halogenated alkanes) is 2. The summed E-state index contributed by atoms with van der Waals surface area (Å²) in [4.78, 5) is 23.5. The summed E-state index contributed by atoms with van der Waals surface area (Å²) in [6, 6.07) is 0. The largest absolute Gasteiger partial charge is 0.461 e. The second-order valence-electron chi connectivity index (χ2n) is 5.05. The number of carbonyl (C=O) groups excluding carboxylic acids is 2. The molecule has 0 aromatic carbocycles. The van der Waals surface area contributed by atoms with Crippen molar-refractivity contribution in [1.29, 1.82) is 0 Å². The molecule has 0 saturated heterocycles. The Balaban J connectivity index is -0.00000115. The lowest BCUT2D eigenvalue weighted by Gasteiger charge is -2.34. The quantitative estimate of drug-likeness (QED) is 0.554. The van der Waals surface area contributed by atoms with Crippen LogP contribution >= 0.6 is 10.2 Å². The Kier molecular flexibility index (Phi) is 13.6. The zero-order valence-corrected chi connectivity index (χ0v) is 15.5. The van der Waals surface area contributed by atoms with Gasteiger partial charge in [-0.25, -0.2) is 9.59 Å². The topological polar surface area (TPSA) is 64.6 Å². The fourth-order valence-electron chi connectivity index (χ4n) is 1.73. The van der Waals surface area contributed by atoms with Crippen molar-refractivity contribution < 1.29 is 20.5 Å². The molecule has 0 aliphatic rings. The van der Waals surface area contributed by atoms with Gasteiger partial charge in [-0.3, -0.25) is 4.72 Å². The number of carbonyl (C=O) groups is 2. The number of ether oxygens (including phenoxy) is 2. The average Bonchev–Trinajstić information content (AvgIpc) is 2.43. The van der Waals surface area contributed by atoms with Gasteiger partial charge in [0.05, 0.1) is 13.7 Å². The maximum Gasteiger partial charge on any atom is 0.416 e. The molecule has 0 heterocycles. The van der Waals surface area contributed by atoms with E-state index in [1.54, 1.807) is 6.26 Å². The van der Waals surface area contributed by atoms with Crippen molar-refractivity contribution in [3.05, 3.63) is 0 Å². The van der Waals surface area contributed by atoms with Crippen LogP contribution in [0.2, 0.25) is 0 Å². The second-order valence-corrected chi connectivity index (χ2v) is 8.09. The summed E-state index contributed by atoms with van der Waals surface area (Å²) in [6.45, 7) is 10.5. The van der Waals surface area contributed by atoms with Gasteiger partial charge in [-0.15, -0.1) is 0 Å². The molecule has 5 nitrogen and oxygen atoms in total. The summed E-state index contributed by atoms with van der Waals surface area (Å²) in [5, 5.41) is -0.369. The standard InChI is InChI=1S/C13H27NO4S.C2H6.H2/c1-6-7-8-9-18-12(15)14-19(5,10-11(2)3)13(16)17-4;1-2;/h11H,6-10H2,1-5H3,(H,14,15);1-2H3;1H. The number of methoxy groups -OCH3 is 1. The molecule has 1 unspecified atom stereocenters. The molecule has 130 valence electrons. The Morgan fingerprint density at radius 3 is 2.24 bits per heavy atom. The minimum absolute atomic E-state index is 0. The van der Waals surface area contributed by atoms with E-state index >= 15 is 0 Å². The van der Waals surface area contributed by atoms with Crippen molar-refractivity contribution in [2.24, 2.45) is 5.92 Å². The molecule has 0 aromatic rings. The summed E-state index contributed by atoms with van der Waals surface area (Å²) in [5.74, 6) is 0.878. The molecule has 1 atom stereocenters. The molecule has 0 rings (SSSR count). The van der Waals surface area contributed by atoms with Crippen molar-refractivity contribution in [3.8, 4) is 0 Å². The normalized spacial score (nSPS) is 14.3. The highest BCUT2D eigenvalue weighted by atomic mass is 32.3. The van der Waals surface area contributed by atoms with Crippen molar-refractivity contribution in [1.82, 2.24) is 4.72 Å². The first-order valence-electron chi connectivity index (χ1n) is 7.64. The lowest BCUT2D eigenvalue weighted by Crippen LogP contribution is -2.35. The van der Waals surface area contributed by atoms with Crippen LogP contribution in [0, 0.1) is 5.92 Å². The molecular weight excluding hydrogens is 290 g/mol. The molecule has 1 N–H and O–H groups in total. The first-order valence-corrected chi connectivity index (χ1v) is 9.85. The summed E-state index contributed by atoms with van der Waals surface area (Å²) in [6.07, 6.45) is 4.16. The fourth-order valence-corrected chi connectivity index (χ4v) is 4.16. The monoisotopic (exact) mass is 325 g/mol. The molecular formula is C15H35NO4S. The zero-order valence-electron chi connectivity index (χ0n) is 14.7. The van der Waals surface area contributed by atoms with E-state index < -0.39 is 16.3 Å². The maximum absolute atomic E-state index is 11.8. The van der Waals surface area contributed by atoms with Gasteiger partial charge >= 0.3 is 11.4 Å². The number of nitrogens with one attached hydrogen (secondary N) is 1. The van der Waals surface area contributed by atoms with Crippen molar-refractivity contribution >= 4 is 21.6 Å². The number of amides is 1. The third-order valence-corrected chi connectivity index (χ3v) is 5.34. The van der Waals surface area contributed by atoms with Gasteiger partial charge in [-0.2, -0.15) is 0 Å². The summed E-state index contributed by atoms with van der Waals surface area (Å²) in [5.41, 5.74) is 0. The fraction of sp³-hybridized carbons (Fsp3) is 0.867. The highest BCUT2D eigenvalue weighted by molar-refractivity contribution is 8.43. The lowest BCUT2D eigenvalue weighted by atomic mass is 10.3. The lowest BCUT2D eigenvalue weighted by molar-refractivity contribution is 0.150. The molecule has 0 spiro atoms. The zero-order chi connectivity index (χ0) is 16.9. The van der Waals surface area contributed by atoms with Gasteiger partial charge in [0.15, 0.2) is 0 Å². The van der Waals surface area contributed by atoms with E-state index in [4.69, 9.17) is 9.47 Å². The Bertz CT molecular complexity index is 303. The van der Waals surface area contributed by atoms with E-state index in [1.165, 1.54) is 7.11 Å². The Morgan fingerprint density at radius 1 is 1.24 bits per heavy atom. The SMILES string of the molecule is CC.CCCCCOC(=O)NS(C)(CC(C)C)C(=O)OC.[HH]. The van der Waals surface area contributed by atoms with Crippen LogP contribution in [0.1, 0.15) is 55.3 Å². The van der Waals surface area contributed by atoms with Gasteiger partial charge in [0.1, 0.15) is 0 Å². The van der Waals surface area contributed by atoms with Crippen molar-refractivity contribution in [2.75, 3.05) is 25.7 Å². The highest BCUT2D eigenvalue weighted by Crippen LogP contribution is 2.43. The van der Waals surface area contributed by atoms with Crippen molar-refractivity contribution in [3.63, 3.8) is 0 Å². The van der Waals surface area contributed by atoms with E-state index in [0.717, 1.165) is 19.3 Å². The molecule has 1 amide bonds. The Morgan fingerprint density at radius 2 is 1.81 bits per heavy atom. The predicted molar refractivity (Wildman–Crippen MR) is 93.1 cm³/mol. The molecule has 0 aliphatic carbocycles. The van der Waals surface area contributed by atoms with Crippen LogP contribution in [-0.4, -0.2) is 37.1 Å². The van der Waals surface area contributed by atoms with Crippen molar-refractivity contribution in [2.45, 2.75) is 53.9 Å². The molecule has 6 heteroatoms. The average molecular weight is 326 g/mol. The van der Waals surface area contributed by atoms with Crippen LogP contribution in [0.3, 0.4) is 0 Å². The number of hydrogen-bond acceptors (Lipinski definition) is 4. The summed E-state index contributed by atoms with van der Waals surface area (Å²) in [7, 11) is -0.659. The van der Waals surface area contributed by atoms with Crippen LogP contribution in [0.25, 0.3) is 0 Å². The van der Waals surface area contributed by atoms with Crippen LogP contribution in [0.4, 0.5) is 9.59 Å². The van der Waals surface area contributed by atoms with Gasteiger partial charge < -0.3 is 9.47 Å². The third kappa shape index (κ3) is 10.5. The van der Waals surface area contributed by atoms with Crippen LogP contribution < -0.4 is 4.72 Å². The summed E-state index contributed by atoms with van der Waals surface area (Å²) >= 11 is 0. The Labute approximate surface area is 133 Å². The summed E-state index contributed by atoms with van der Waals surface area (Å²) < 4.78 is 12.6. The van der Waals surface area contributed by atoms with E-state index in [2.05, 4.69) is 11.6 Å².